The highest BCUT2D eigenvalue weighted by molar-refractivity contribution is 6.51. The molecule has 0 aromatic rings. The largest absolute Gasteiger partial charge is 0.487 e. The van der Waals surface area contributed by atoms with Gasteiger partial charge < -0.3 is 9.31 Å². The van der Waals surface area contributed by atoms with Gasteiger partial charge in [-0.05, 0) is 53.4 Å². The summed E-state index contributed by atoms with van der Waals surface area (Å²) in [5, 5.41) is 0. The molecule has 2 nitrogen and oxygen atoms in total. The first kappa shape index (κ1) is 18.1. The molecule has 1 aliphatic heterocycles. The first-order valence-electron chi connectivity index (χ1n) is 9.46. The summed E-state index contributed by atoms with van der Waals surface area (Å²) in [5.74, 6) is 2.28. The molecule has 1 saturated carbocycles. The Morgan fingerprint density at radius 1 is 0.682 bits per heavy atom. The van der Waals surface area contributed by atoms with E-state index >= 15 is 0 Å². The molecule has 2 fully saturated rings. The molecule has 0 aromatic heterocycles. The Balaban J connectivity index is 1.94. The zero-order valence-corrected chi connectivity index (χ0v) is 15.2. The minimum absolute atomic E-state index is 0.159. The highest BCUT2D eigenvalue weighted by Gasteiger charge is 2.50. The number of hydrogen-bond acceptors (Lipinski definition) is 2. The molecule has 0 spiro atoms. The number of hydrogen-bond donors (Lipinski definition) is 0. The Kier molecular flexibility index (Phi) is 6.58. The summed E-state index contributed by atoms with van der Waals surface area (Å²) in [6.07, 6.45) is 15.0. The molecule has 0 aromatic carbocycles. The first-order valence-corrected chi connectivity index (χ1v) is 9.46. The van der Waals surface area contributed by atoms with Crippen molar-refractivity contribution in [2.45, 2.75) is 110 Å². The van der Waals surface area contributed by atoms with Gasteiger partial charge in [0, 0.05) is 0 Å². The summed E-state index contributed by atoms with van der Waals surface area (Å²) in [5.41, 5.74) is 1.11. The van der Waals surface area contributed by atoms with Crippen LogP contribution in [0.2, 0.25) is 0 Å². The first-order chi connectivity index (χ1) is 10.4. The molecular formula is C19H35BO2. The van der Waals surface area contributed by atoms with Gasteiger partial charge in [0.15, 0.2) is 0 Å². The molecule has 126 valence electrons. The van der Waals surface area contributed by atoms with Crippen LogP contribution >= 0.6 is 0 Å². The fourth-order valence-electron chi connectivity index (χ4n) is 3.38. The summed E-state index contributed by atoms with van der Waals surface area (Å²) < 4.78 is 12.3. The smallest absolute Gasteiger partial charge is 0.400 e. The average Bonchev–Trinajstić information content (AvgIpc) is 2.60. The van der Waals surface area contributed by atoms with Gasteiger partial charge in [0.2, 0.25) is 0 Å². The monoisotopic (exact) mass is 306 g/mol. The lowest BCUT2D eigenvalue weighted by Gasteiger charge is -2.32. The van der Waals surface area contributed by atoms with E-state index in [4.69, 9.17) is 9.31 Å². The molecule has 0 unspecified atom stereocenters. The van der Waals surface area contributed by atoms with E-state index in [2.05, 4.69) is 33.7 Å². The fourth-order valence-corrected chi connectivity index (χ4v) is 3.38. The standard InChI is InChI=1S/C19H35BO2/c1-18(2)19(3,4)22-20(21-18)16-17-14-12-10-8-6-5-7-9-11-13-15-17/h16H,5-15H2,1-4H3. The second-order valence-electron chi connectivity index (χ2n) is 8.13. The topological polar surface area (TPSA) is 18.5 Å². The van der Waals surface area contributed by atoms with Crippen LogP contribution in [0.25, 0.3) is 0 Å². The molecule has 0 radical (unpaired) electrons. The lowest BCUT2D eigenvalue weighted by atomic mass is 9.83. The molecule has 1 saturated heterocycles. The predicted octanol–water partition coefficient (Wildman–Crippen LogP) is 5.85. The van der Waals surface area contributed by atoms with Gasteiger partial charge in [0.25, 0.3) is 0 Å². The van der Waals surface area contributed by atoms with Crippen molar-refractivity contribution in [3.05, 3.63) is 11.5 Å². The van der Waals surface area contributed by atoms with Gasteiger partial charge in [-0.2, -0.15) is 0 Å². The Hall–Kier alpha value is -0.275. The van der Waals surface area contributed by atoms with Crippen molar-refractivity contribution in [1.29, 1.82) is 0 Å². The maximum Gasteiger partial charge on any atom is 0.487 e. The highest BCUT2D eigenvalue weighted by atomic mass is 16.7. The number of rotatable bonds is 1. The Morgan fingerprint density at radius 2 is 1.05 bits per heavy atom. The van der Waals surface area contributed by atoms with Crippen LogP contribution in [-0.2, 0) is 9.31 Å². The predicted molar refractivity (Wildman–Crippen MR) is 95.0 cm³/mol. The second-order valence-corrected chi connectivity index (χ2v) is 8.13. The van der Waals surface area contributed by atoms with Crippen molar-refractivity contribution in [2.75, 3.05) is 0 Å². The zero-order valence-electron chi connectivity index (χ0n) is 15.2. The molecule has 0 atom stereocenters. The molecule has 0 N–H and O–H groups in total. The summed E-state index contributed by atoms with van der Waals surface area (Å²) in [6, 6.07) is 0. The quantitative estimate of drug-likeness (QED) is 0.566. The van der Waals surface area contributed by atoms with Crippen LogP contribution in [0.4, 0.5) is 0 Å². The molecule has 0 amide bonds. The third-order valence-corrected chi connectivity index (χ3v) is 5.64. The molecule has 2 aliphatic rings. The van der Waals surface area contributed by atoms with Crippen LogP contribution in [0.5, 0.6) is 0 Å². The summed E-state index contributed by atoms with van der Waals surface area (Å²) in [6.45, 7) is 8.53. The summed E-state index contributed by atoms with van der Waals surface area (Å²) >= 11 is 0. The van der Waals surface area contributed by atoms with Gasteiger partial charge in [0.05, 0.1) is 11.2 Å². The van der Waals surface area contributed by atoms with Gasteiger partial charge in [-0.15, -0.1) is 0 Å². The molecule has 2 rings (SSSR count). The van der Waals surface area contributed by atoms with Crippen molar-refractivity contribution in [3.8, 4) is 0 Å². The molecule has 3 heteroatoms. The van der Waals surface area contributed by atoms with E-state index in [9.17, 15) is 0 Å². The van der Waals surface area contributed by atoms with Crippen LogP contribution < -0.4 is 0 Å². The van der Waals surface area contributed by atoms with Gasteiger partial charge >= 0.3 is 7.12 Å². The van der Waals surface area contributed by atoms with E-state index in [1.54, 1.807) is 5.57 Å². The van der Waals surface area contributed by atoms with Gasteiger partial charge in [-0.1, -0.05) is 56.5 Å². The third kappa shape index (κ3) is 5.13. The van der Waals surface area contributed by atoms with Crippen molar-refractivity contribution in [2.24, 2.45) is 0 Å². The maximum atomic E-state index is 6.14. The maximum absolute atomic E-state index is 6.14. The van der Waals surface area contributed by atoms with Crippen molar-refractivity contribution >= 4 is 7.12 Å². The fraction of sp³-hybridized carbons (Fsp3) is 0.895. The normalized spacial score (nSPS) is 27.1. The minimum Gasteiger partial charge on any atom is -0.400 e. The molecule has 1 aliphatic carbocycles. The highest BCUT2D eigenvalue weighted by Crippen LogP contribution is 2.37. The Bertz CT molecular complexity index is 344. The van der Waals surface area contributed by atoms with Crippen molar-refractivity contribution in [1.82, 2.24) is 0 Å². The van der Waals surface area contributed by atoms with Gasteiger partial charge in [-0.3, -0.25) is 0 Å². The van der Waals surface area contributed by atoms with Crippen LogP contribution in [-0.4, -0.2) is 18.3 Å². The van der Waals surface area contributed by atoms with Crippen LogP contribution in [0, 0.1) is 0 Å². The van der Waals surface area contributed by atoms with Gasteiger partial charge in [-0.25, -0.2) is 0 Å². The van der Waals surface area contributed by atoms with E-state index in [1.165, 1.54) is 70.6 Å². The SMILES string of the molecule is CC1(C)OB(C=C2CCCCCCCCCCC2)OC1(C)C. The molecule has 1 heterocycles. The van der Waals surface area contributed by atoms with Crippen molar-refractivity contribution in [3.63, 3.8) is 0 Å². The summed E-state index contributed by atoms with van der Waals surface area (Å²) in [7, 11) is -0.159. The lowest BCUT2D eigenvalue weighted by molar-refractivity contribution is 0.00578. The number of allylic oxidation sites excluding steroid dienone is 1. The van der Waals surface area contributed by atoms with Gasteiger partial charge in [0.1, 0.15) is 0 Å². The van der Waals surface area contributed by atoms with E-state index in [-0.39, 0.29) is 18.3 Å². The van der Waals surface area contributed by atoms with E-state index in [1.807, 2.05) is 0 Å². The van der Waals surface area contributed by atoms with Crippen LogP contribution in [0.15, 0.2) is 11.5 Å². The van der Waals surface area contributed by atoms with E-state index in [0.717, 1.165) is 0 Å². The van der Waals surface area contributed by atoms with E-state index < -0.39 is 0 Å². The minimum atomic E-state index is -0.222. The Morgan fingerprint density at radius 3 is 1.45 bits per heavy atom. The molecule has 0 bridgehead atoms. The van der Waals surface area contributed by atoms with Crippen LogP contribution in [0.1, 0.15) is 98.3 Å². The second kappa shape index (κ2) is 8.01. The zero-order chi connectivity index (χ0) is 16.1. The third-order valence-electron chi connectivity index (χ3n) is 5.64. The molecule has 22 heavy (non-hydrogen) atoms. The van der Waals surface area contributed by atoms with Crippen LogP contribution in [0.3, 0.4) is 0 Å². The average molecular weight is 306 g/mol. The molecular weight excluding hydrogens is 271 g/mol. The lowest BCUT2D eigenvalue weighted by Crippen LogP contribution is -2.41. The van der Waals surface area contributed by atoms with Crippen molar-refractivity contribution < 1.29 is 9.31 Å². The summed E-state index contributed by atoms with van der Waals surface area (Å²) in [4.78, 5) is 0. The Labute approximate surface area is 138 Å². The van der Waals surface area contributed by atoms with E-state index in [0.29, 0.717) is 0 Å².